The Bertz CT molecular complexity index is 985. The standard InChI is InChI=1S/C26H35N3O6/c1-25(2,3)21(27-24(34)35-18-11-7-8-12-18)22(31)29-16-26(13-19(29)23(32)33)14-20(30)28(15-26)17-9-5-4-6-10-17/h4-6,9-10,18-19,21H,7-8,11-16H2,1-3H3,(H,27,34)(H,32,33)/t19-,21+,26+/m0/s1. The molecule has 0 unspecified atom stereocenters. The van der Waals surface area contributed by atoms with Gasteiger partial charge in [0.1, 0.15) is 18.2 Å². The molecule has 2 aliphatic heterocycles. The zero-order valence-electron chi connectivity index (χ0n) is 20.7. The van der Waals surface area contributed by atoms with E-state index < -0.39 is 40.9 Å². The fraction of sp³-hybridized carbons (Fsp3) is 0.615. The molecule has 35 heavy (non-hydrogen) atoms. The second kappa shape index (κ2) is 9.51. The van der Waals surface area contributed by atoms with Gasteiger partial charge in [-0.1, -0.05) is 39.0 Å². The van der Waals surface area contributed by atoms with Gasteiger partial charge in [0.15, 0.2) is 0 Å². The Morgan fingerprint density at radius 2 is 1.77 bits per heavy atom. The highest BCUT2D eigenvalue weighted by atomic mass is 16.6. The van der Waals surface area contributed by atoms with Gasteiger partial charge in [0.2, 0.25) is 11.8 Å². The molecule has 0 bridgehead atoms. The van der Waals surface area contributed by atoms with E-state index in [0.717, 1.165) is 31.4 Å². The van der Waals surface area contributed by atoms with Gasteiger partial charge in [-0.15, -0.1) is 0 Å². The van der Waals surface area contributed by atoms with Crippen LogP contribution >= 0.6 is 0 Å². The molecule has 2 heterocycles. The van der Waals surface area contributed by atoms with Gasteiger partial charge < -0.3 is 25.0 Å². The zero-order chi connectivity index (χ0) is 25.4. The maximum atomic E-state index is 13.7. The summed E-state index contributed by atoms with van der Waals surface area (Å²) < 4.78 is 5.51. The van der Waals surface area contributed by atoms with Crippen molar-refractivity contribution in [2.24, 2.45) is 10.8 Å². The molecule has 9 nitrogen and oxygen atoms in total. The number of carboxylic acid groups (broad SMARTS) is 1. The van der Waals surface area contributed by atoms with Crippen LogP contribution in [0.15, 0.2) is 30.3 Å². The SMILES string of the molecule is CC(C)(C)[C@H](NC(=O)OC1CCCC1)C(=O)N1C[C@@]2(CC(=O)N(c3ccccc3)C2)C[C@H]1C(=O)O. The summed E-state index contributed by atoms with van der Waals surface area (Å²) in [6, 6.07) is 7.23. The number of carbonyl (C=O) groups is 4. The number of benzene rings is 1. The summed E-state index contributed by atoms with van der Waals surface area (Å²) in [5.74, 6) is -1.65. The van der Waals surface area contributed by atoms with Crippen molar-refractivity contribution >= 4 is 29.6 Å². The minimum absolute atomic E-state index is 0.0831. The van der Waals surface area contributed by atoms with Crippen LogP contribution in [-0.2, 0) is 19.1 Å². The van der Waals surface area contributed by atoms with Crippen LogP contribution < -0.4 is 10.2 Å². The van der Waals surface area contributed by atoms with Crippen molar-refractivity contribution in [3.63, 3.8) is 0 Å². The van der Waals surface area contributed by atoms with Crippen LogP contribution in [0.4, 0.5) is 10.5 Å². The number of amides is 3. The Hall–Kier alpha value is -3.10. The third kappa shape index (κ3) is 5.28. The van der Waals surface area contributed by atoms with Crippen LogP contribution in [0.5, 0.6) is 0 Å². The molecule has 1 saturated carbocycles. The van der Waals surface area contributed by atoms with Gasteiger partial charge in [-0.25, -0.2) is 9.59 Å². The van der Waals surface area contributed by atoms with Crippen molar-refractivity contribution in [3.05, 3.63) is 30.3 Å². The maximum absolute atomic E-state index is 13.7. The highest BCUT2D eigenvalue weighted by Gasteiger charge is 2.56. The van der Waals surface area contributed by atoms with Crippen LogP contribution in [0.2, 0.25) is 0 Å². The lowest BCUT2D eigenvalue weighted by Crippen LogP contribution is -2.57. The summed E-state index contributed by atoms with van der Waals surface area (Å²) >= 11 is 0. The molecule has 3 amide bonds. The second-order valence-corrected chi connectivity index (χ2v) is 11.3. The molecule has 9 heteroatoms. The van der Waals surface area contributed by atoms with Gasteiger partial charge in [0, 0.05) is 30.6 Å². The Balaban J connectivity index is 1.53. The first-order valence-corrected chi connectivity index (χ1v) is 12.3. The van der Waals surface area contributed by atoms with Gasteiger partial charge >= 0.3 is 12.1 Å². The molecule has 1 aromatic carbocycles. The molecule has 1 aromatic rings. The summed E-state index contributed by atoms with van der Waals surface area (Å²) in [6.07, 6.45) is 3.19. The molecule has 190 valence electrons. The van der Waals surface area contributed by atoms with E-state index in [1.165, 1.54) is 4.90 Å². The van der Waals surface area contributed by atoms with Crippen LogP contribution in [0.1, 0.15) is 59.3 Å². The molecule has 2 N–H and O–H groups in total. The molecule has 0 aromatic heterocycles. The monoisotopic (exact) mass is 485 g/mol. The predicted molar refractivity (Wildman–Crippen MR) is 129 cm³/mol. The molecule has 3 aliphatic rings. The quantitative estimate of drug-likeness (QED) is 0.662. The first kappa shape index (κ1) is 25.0. The third-order valence-corrected chi connectivity index (χ3v) is 7.42. The van der Waals surface area contributed by atoms with Gasteiger partial charge in [-0.05, 0) is 49.7 Å². The number of anilines is 1. The summed E-state index contributed by atoms with van der Waals surface area (Å²) in [6.45, 7) is 5.96. The molecule has 1 aliphatic carbocycles. The number of carbonyl (C=O) groups excluding carboxylic acids is 3. The number of likely N-dealkylation sites (tertiary alicyclic amines) is 1. The average Bonchev–Trinajstić information content (AvgIpc) is 3.51. The largest absolute Gasteiger partial charge is 0.480 e. The van der Waals surface area contributed by atoms with Crippen molar-refractivity contribution in [2.75, 3.05) is 18.0 Å². The number of ether oxygens (including phenoxy) is 1. The highest BCUT2D eigenvalue weighted by molar-refractivity contribution is 5.97. The van der Waals surface area contributed by atoms with E-state index in [-0.39, 0.29) is 31.4 Å². The fourth-order valence-corrected chi connectivity index (χ4v) is 5.61. The van der Waals surface area contributed by atoms with Crippen molar-refractivity contribution in [2.45, 2.75) is 77.5 Å². The van der Waals surface area contributed by atoms with Crippen LogP contribution in [0.3, 0.4) is 0 Å². The third-order valence-electron chi connectivity index (χ3n) is 7.42. The van der Waals surface area contributed by atoms with Crippen molar-refractivity contribution in [1.82, 2.24) is 10.2 Å². The number of alkyl carbamates (subject to hydrolysis) is 1. The van der Waals surface area contributed by atoms with E-state index >= 15 is 0 Å². The predicted octanol–water partition coefficient (Wildman–Crippen LogP) is 3.18. The zero-order valence-corrected chi connectivity index (χ0v) is 20.7. The maximum Gasteiger partial charge on any atom is 0.408 e. The number of para-hydroxylation sites is 1. The second-order valence-electron chi connectivity index (χ2n) is 11.3. The summed E-state index contributed by atoms with van der Waals surface area (Å²) in [4.78, 5) is 54.5. The smallest absolute Gasteiger partial charge is 0.408 e. The Kier molecular flexibility index (Phi) is 6.79. The Labute approximate surface area is 205 Å². The highest BCUT2D eigenvalue weighted by Crippen LogP contribution is 2.45. The molecule has 3 fully saturated rings. The molecule has 4 rings (SSSR count). The molecule has 2 saturated heterocycles. The van der Waals surface area contributed by atoms with Crippen molar-refractivity contribution < 1.29 is 29.0 Å². The Morgan fingerprint density at radius 3 is 2.37 bits per heavy atom. The Morgan fingerprint density at radius 1 is 1.11 bits per heavy atom. The van der Waals surface area contributed by atoms with E-state index in [1.54, 1.807) is 4.90 Å². The molecular formula is C26H35N3O6. The number of carboxylic acids is 1. The number of nitrogens with zero attached hydrogens (tertiary/aromatic N) is 2. The van der Waals surface area contributed by atoms with E-state index in [1.807, 2.05) is 51.1 Å². The minimum Gasteiger partial charge on any atom is -0.480 e. The van der Waals surface area contributed by atoms with E-state index in [2.05, 4.69) is 5.32 Å². The first-order chi connectivity index (χ1) is 16.5. The van der Waals surface area contributed by atoms with Crippen LogP contribution in [-0.4, -0.2) is 65.2 Å². The molecule has 0 radical (unpaired) electrons. The molecular weight excluding hydrogens is 450 g/mol. The summed E-state index contributed by atoms with van der Waals surface area (Å²) in [7, 11) is 0. The fourth-order valence-electron chi connectivity index (χ4n) is 5.61. The lowest BCUT2D eigenvalue weighted by atomic mass is 9.84. The normalized spacial score (nSPS) is 25.8. The van der Waals surface area contributed by atoms with Gasteiger partial charge in [0.05, 0.1) is 0 Å². The van der Waals surface area contributed by atoms with Crippen LogP contribution in [0, 0.1) is 10.8 Å². The van der Waals surface area contributed by atoms with Gasteiger partial charge in [-0.2, -0.15) is 0 Å². The topological polar surface area (TPSA) is 116 Å². The number of nitrogens with one attached hydrogen (secondary N) is 1. The number of hydrogen-bond donors (Lipinski definition) is 2. The number of rotatable bonds is 5. The first-order valence-electron chi connectivity index (χ1n) is 12.3. The molecule has 1 spiro atoms. The van der Waals surface area contributed by atoms with Gasteiger partial charge in [0.25, 0.3) is 0 Å². The van der Waals surface area contributed by atoms with Crippen LogP contribution in [0.25, 0.3) is 0 Å². The van der Waals surface area contributed by atoms with Gasteiger partial charge in [-0.3, -0.25) is 9.59 Å². The number of hydrogen-bond acceptors (Lipinski definition) is 5. The van der Waals surface area contributed by atoms with E-state index in [9.17, 15) is 24.3 Å². The van der Waals surface area contributed by atoms with Crippen molar-refractivity contribution in [1.29, 1.82) is 0 Å². The van der Waals surface area contributed by atoms with E-state index in [4.69, 9.17) is 4.74 Å². The summed E-state index contributed by atoms with van der Waals surface area (Å²) in [5.41, 5.74) is -0.570. The number of aliphatic carboxylic acids is 1. The van der Waals surface area contributed by atoms with Crippen molar-refractivity contribution in [3.8, 4) is 0 Å². The minimum atomic E-state index is -1.11. The molecule has 3 atom stereocenters. The average molecular weight is 486 g/mol. The van der Waals surface area contributed by atoms with E-state index in [0.29, 0.717) is 6.54 Å². The lowest BCUT2D eigenvalue weighted by molar-refractivity contribution is -0.150. The lowest BCUT2D eigenvalue weighted by Gasteiger charge is -2.35. The summed E-state index contributed by atoms with van der Waals surface area (Å²) in [5, 5.41) is 12.7.